The molecule has 0 aliphatic rings. The highest BCUT2D eigenvalue weighted by Crippen LogP contribution is 2.49. The van der Waals surface area contributed by atoms with Gasteiger partial charge in [0.25, 0.3) is 0 Å². The van der Waals surface area contributed by atoms with Crippen LogP contribution >= 0.6 is 6.72 Å². The average molecular weight is 242 g/mol. The van der Waals surface area contributed by atoms with Gasteiger partial charge in [0.1, 0.15) is 0 Å². The van der Waals surface area contributed by atoms with Crippen molar-refractivity contribution in [2.75, 3.05) is 26.9 Å². The van der Waals surface area contributed by atoms with Crippen LogP contribution < -0.4 is 0 Å². The van der Waals surface area contributed by atoms with E-state index in [1.54, 1.807) is 13.8 Å². The number of hydrogen-bond acceptors (Lipinski definition) is 6. The van der Waals surface area contributed by atoms with E-state index in [1.165, 1.54) is 7.11 Å². The molecule has 0 saturated carbocycles. The average Bonchev–Trinajstić information content (AvgIpc) is 2.15. The van der Waals surface area contributed by atoms with Gasteiger partial charge >= 0.3 is 12.7 Å². The Morgan fingerprint density at radius 3 is 2.07 bits per heavy atom. The summed E-state index contributed by atoms with van der Waals surface area (Å²) in [5.74, 6) is -0.501. The molecule has 0 aromatic rings. The fourth-order valence-electron chi connectivity index (χ4n) is 0.619. The zero-order valence-corrected chi connectivity index (χ0v) is 10.2. The fourth-order valence-corrected chi connectivity index (χ4v) is 2.53. The lowest BCUT2D eigenvalue weighted by Crippen LogP contribution is -2.11. The zero-order valence-electron chi connectivity index (χ0n) is 8.52. The standard InChI is InChI=1S/C7H15O5PS/c1-4-10-13(14,11-5-2)12-6-7(8)9-3/h4-6H2,1-3H3. The number of esters is 1. The summed E-state index contributed by atoms with van der Waals surface area (Å²) in [6.45, 7) is 1.34. The minimum atomic E-state index is -2.75. The molecule has 0 saturated heterocycles. The van der Waals surface area contributed by atoms with E-state index in [0.717, 1.165) is 0 Å². The van der Waals surface area contributed by atoms with Crippen molar-refractivity contribution in [2.45, 2.75) is 13.8 Å². The number of ether oxygens (including phenoxy) is 1. The van der Waals surface area contributed by atoms with E-state index in [-0.39, 0.29) is 6.61 Å². The van der Waals surface area contributed by atoms with E-state index in [1.807, 2.05) is 0 Å². The van der Waals surface area contributed by atoms with Crippen molar-refractivity contribution in [3.8, 4) is 0 Å². The van der Waals surface area contributed by atoms with Gasteiger partial charge < -0.3 is 13.8 Å². The van der Waals surface area contributed by atoms with Crippen LogP contribution in [0.15, 0.2) is 0 Å². The van der Waals surface area contributed by atoms with Crippen molar-refractivity contribution < 1.29 is 23.1 Å². The Labute approximate surface area is 88.9 Å². The molecule has 0 bridgehead atoms. The number of rotatable bonds is 7. The predicted octanol–water partition coefficient (Wildman–Crippen LogP) is 1.47. The van der Waals surface area contributed by atoms with Crippen LogP contribution in [-0.2, 0) is 34.9 Å². The van der Waals surface area contributed by atoms with Crippen LogP contribution in [-0.4, -0.2) is 32.9 Å². The molecule has 0 spiro atoms. The largest absolute Gasteiger partial charge is 0.467 e. The highest BCUT2D eigenvalue weighted by atomic mass is 32.5. The summed E-state index contributed by atoms with van der Waals surface area (Å²) in [4.78, 5) is 10.8. The quantitative estimate of drug-likeness (QED) is 0.498. The van der Waals surface area contributed by atoms with Gasteiger partial charge in [-0.1, -0.05) is 0 Å². The summed E-state index contributed by atoms with van der Waals surface area (Å²) in [6, 6.07) is 0. The Morgan fingerprint density at radius 1 is 1.21 bits per heavy atom. The topological polar surface area (TPSA) is 54.0 Å². The van der Waals surface area contributed by atoms with Crippen molar-refractivity contribution in [1.82, 2.24) is 0 Å². The third kappa shape index (κ3) is 5.67. The molecule has 0 N–H and O–H groups in total. The molecule has 0 aromatic heterocycles. The maximum atomic E-state index is 10.8. The van der Waals surface area contributed by atoms with Gasteiger partial charge in [-0.3, -0.25) is 4.52 Å². The lowest BCUT2D eigenvalue weighted by molar-refractivity contribution is -0.143. The molecule has 84 valence electrons. The van der Waals surface area contributed by atoms with Crippen LogP contribution in [0.4, 0.5) is 0 Å². The molecular weight excluding hydrogens is 227 g/mol. The van der Waals surface area contributed by atoms with Crippen molar-refractivity contribution in [3.05, 3.63) is 0 Å². The Balaban J connectivity index is 4.08. The summed E-state index contributed by atoms with van der Waals surface area (Å²) in [6.07, 6.45) is 0. The van der Waals surface area contributed by atoms with Gasteiger partial charge in [0.05, 0.1) is 20.3 Å². The van der Waals surface area contributed by atoms with Crippen LogP contribution in [0, 0.1) is 0 Å². The molecule has 0 atom stereocenters. The molecule has 0 aliphatic carbocycles. The van der Waals surface area contributed by atoms with E-state index in [2.05, 4.69) is 4.74 Å². The van der Waals surface area contributed by atoms with Gasteiger partial charge in [0.2, 0.25) is 0 Å². The van der Waals surface area contributed by atoms with Crippen molar-refractivity contribution >= 4 is 24.5 Å². The van der Waals surface area contributed by atoms with Gasteiger partial charge in [0, 0.05) is 0 Å². The normalized spacial score (nSPS) is 11.4. The monoisotopic (exact) mass is 242 g/mol. The van der Waals surface area contributed by atoms with Crippen LogP contribution in [0.2, 0.25) is 0 Å². The van der Waals surface area contributed by atoms with E-state index >= 15 is 0 Å². The van der Waals surface area contributed by atoms with Gasteiger partial charge in [-0.15, -0.1) is 0 Å². The van der Waals surface area contributed by atoms with Gasteiger partial charge in [-0.25, -0.2) is 4.79 Å². The molecule has 0 amide bonds. The molecule has 7 heteroatoms. The van der Waals surface area contributed by atoms with E-state index in [9.17, 15) is 4.79 Å². The lowest BCUT2D eigenvalue weighted by Gasteiger charge is -2.19. The summed E-state index contributed by atoms with van der Waals surface area (Å²) in [5.41, 5.74) is 0. The smallest absolute Gasteiger partial charge is 0.332 e. The van der Waals surface area contributed by atoms with Gasteiger partial charge in [-0.2, -0.15) is 0 Å². The SMILES string of the molecule is CCOP(=S)(OCC)OCC(=O)OC. The predicted molar refractivity (Wildman–Crippen MR) is 55.5 cm³/mol. The van der Waals surface area contributed by atoms with Crippen molar-refractivity contribution in [3.63, 3.8) is 0 Å². The first kappa shape index (κ1) is 14.0. The summed E-state index contributed by atoms with van der Waals surface area (Å²) < 4.78 is 19.7. The second-order valence-electron chi connectivity index (χ2n) is 2.13. The molecule has 0 heterocycles. The molecule has 0 fully saturated rings. The van der Waals surface area contributed by atoms with Crippen LogP contribution in [0.25, 0.3) is 0 Å². The number of methoxy groups -OCH3 is 1. The molecule has 14 heavy (non-hydrogen) atoms. The first-order valence-corrected chi connectivity index (χ1v) is 6.74. The third-order valence-corrected chi connectivity index (χ3v) is 3.69. The zero-order chi connectivity index (χ0) is 11.0. The molecule has 0 radical (unpaired) electrons. The Kier molecular flexibility index (Phi) is 7.31. The lowest BCUT2D eigenvalue weighted by atomic mass is 10.8. The molecule has 5 nitrogen and oxygen atoms in total. The van der Waals surface area contributed by atoms with Gasteiger partial charge in [0.15, 0.2) is 6.61 Å². The van der Waals surface area contributed by atoms with E-state index in [0.29, 0.717) is 13.2 Å². The molecule has 0 unspecified atom stereocenters. The Bertz CT molecular complexity index is 210. The first-order chi connectivity index (χ1) is 6.58. The highest BCUT2D eigenvalue weighted by molar-refractivity contribution is 8.07. The molecule has 0 aliphatic heterocycles. The summed E-state index contributed by atoms with van der Waals surface area (Å²) in [7, 11) is 1.27. The molecular formula is C7H15O5PS. The maximum absolute atomic E-state index is 10.8. The second-order valence-corrected chi connectivity index (χ2v) is 5.14. The summed E-state index contributed by atoms with van der Waals surface area (Å²) in [5, 5.41) is 0. The molecule has 0 rings (SSSR count). The molecule has 0 aromatic carbocycles. The van der Waals surface area contributed by atoms with Crippen molar-refractivity contribution in [1.29, 1.82) is 0 Å². The fraction of sp³-hybridized carbons (Fsp3) is 0.857. The minimum Gasteiger partial charge on any atom is -0.467 e. The maximum Gasteiger partial charge on any atom is 0.332 e. The summed E-state index contributed by atoms with van der Waals surface area (Å²) >= 11 is 5.00. The third-order valence-electron chi connectivity index (χ3n) is 1.14. The number of carbonyl (C=O) groups is 1. The van der Waals surface area contributed by atoms with Crippen LogP contribution in [0.5, 0.6) is 0 Å². The Morgan fingerprint density at radius 2 is 1.71 bits per heavy atom. The van der Waals surface area contributed by atoms with E-state index in [4.69, 9.17) is 25.4 Å². The number of hydrogen-bond donors (Lipinski definition) is 0. The van der Waals surface area contributed by atoms with Crippen LogP contribution in [0.3, 0.4) is 0 Å². The highest BCUT2D eigenvalue weighted by Gasteiger charge is 2.20. The van der Waals surface area contributed by atoms with Crippen LogP contribution in [0.1, 0.15) is 13.8 Å². The minimum absolute atomic E-state index is 0.242. The van der Waals surface area contributed by atoms with Crippen molar-refractivity contribution in [2.24, 2.45) is 0 Å². The van der Waals surface area contributed by atoms with E-state index < -0.39 is 12.7 Å². The second kappa shape index (κ2) is 7.31. The Hall–Kier alpha value is -0.000000000000000111. The number of carbonyl (C=O) groups excluding carboxylic acids is 1. The van der Waals surface area contributed by atoms with Gasteiger partial charge in [-0.05, 0) is 25.7 Å². The first-order valence-electron chi connectivity index (χ1n) is 4.18.